The van der Waals surface area contributed by atoms with Crippen molar-refractivity contribution in [3.63, 3.8) is 0 Å². The molecule has 31 heavy (non-hydrogen) atoms. The third-order valence-electron chi connectivity index (χ3n) is 4.84. The Bertz CT molecular complexity index is 710. The number of carbonyl (C=O) groups is 2. The highest BCUT2D eigenvalue weighted by atomic mass is 32.2. The van der Waals surface area contributed by atoms with Crippen LogP contribution in [0, 0.1) is 0 Å². The second-order valence-corrected chi connectivity index (χ2v) is 8.53. The van der Waals surface area contributed by atoms with Gasteiger partial charge in [0.15, 0.2) is 0 Å². The van der Waals surface area contributed by atoms with Crippen molar-refractivity contribution in [3.05, 3.63) is 36.0 Å². The van der Waals surface area contributed by atoms with Crippen molar-refractivity contribution >= 4 is 23.7 Å². The fourth-order valence-electron chi connectivity index (χ4n) is 3.29. The number of thioether (sulfide) groups is 1. The van der Waals surface area contributed by atoms with Gasteiger partial charge in [-0.1, -0.05) is 12.5 Å². The fourth-order valence-corrected chi connectivity index (χ4v) is 3.99. The molecule has 1 saturated heterocycles. The Kier molecular flexibility index (Phi) is 11.9. The van der Waals surface area contributed by atoms with Crippen LogP contribution in [0.2, 0.25) is 0 Å². The number of amides is 3. The van der Waals surface area contributed by atoms with Crippen molar-refractivity contribution in [3.8, 4) is 5.88 Å². The summed E-state index contributed by atoms with van der Waals surface area (Å²) in [5, 5.41) is 2.81. The number of nitrogens with two attached hydrogens (primary N) is 1. The van der Waals surface area contributed by atoms with E-state index in [9.17, 15) is 9.59 Å². The molecule has 0 unspecified atom stereocenters. The number of rotatable bonds is 13. The summed E-state index contributed by atoms with van der Waals surface area (Å²) < 4.78 is 5.76. The molecule has 2 rings (SSSR count). The average Bonchev–Trinajstić information content (AvgIpc) is 2.76. The number of nitrogens with zero attached hydrogens (tertiary/aromatic N) is 3. The van der Waals surface area contributed by atoms with Crippen LogP contribution in [-0.2, 0) is 11.3 Å². The van der Waals surface area contributed by atoms with Gasteiger partial charge in [-0.2, -0.15) is 11.8 Å². The number of likely N-dealkylation sites (tertiary alicyclic amines) is 1. The van der Waals surface area contributed by atoms with Crippen LogP contribution in [0.4, 0.5) is 4.79 Å². The number of ether oxygens (including phenoxy) is 1. The highest BCUT2D eigenvalue weighted by Crippen LogP contribution is 2.15. The maximum Gasteiger partial charge on any atom is 0.317 e. The Morgan fingerprint density at radius 3 is 2.87 bits per heavy atom. The molecular weight excluding hydrogens is 414 g/mol. The molecule has 0 aromatic carbocycles. The van der Waals surface area contributed by atoms with Gasteiger partial charge in [0, 0.05) is 44.2 Å². The lowest BCUT2D eigenvalue weighted by Gasteiger charge is -2.26. The number of carbonyl (C=O) groups excluding carboxylic acids is 2. The molecule has 0 bridgehead atoms. The van der Waals surface area contributed by atoms with Gasteiger partial charge in [0.2, 0.25) is 11.8 Å². The van der Waals surface area contributed by atoms with E-state index < -0.39 is 0 Å². The van der Waals surface area contributed by atoms with E-state index in [1.807, 2.05) is 31.2 Å². The first kappa shape index (κ1) is 25.0. The van der Waals surface area contributed by atoms with Crippen LogP contribution < -0.4 is 15.8 Å². The summed E-state index contributed by atoms with van der Waals surface area (Å²) in [7, 11) is 0. The van der Waals surface area contributed by atoms with E-state index in [1.54, 1.807) is 11.1 Å². The molecule has 9 heteroatoms. The molecule has 1 fully saturated rings. The van der Waals surface area contributed by atoms with Gasteiger partial charge in [0.05, 0.1) is 5.75 Å². The summed E-state index contributed by atoms with van der Waals surface area (Å²) in [5.74, 6) is 1.18. The standard InChI is InChI=1S/C22H35N5O3S/c1-2-24-22(29)27(13-15-31-18-20(23)28)12-6-7-14-30-21-16-19(8-9-25-21)17-26-10-4-3-5-11-26/h6-9,16H,2-5,10-15,17-18H2,1H3,(H2,23,28)(H,24,29)/b7-6-. The van der Waals surface area contributed by atoms with E-state index in [0.29, 0.717) is 37.9 Å². The van der Waals surface area contributed by atoms with Gasteiger partial charge in [0.25, 0.3) is 0 Å². The third-order valence-corrected chi connectivity index (χ3v) is 5.80. The highest BCUT2D eigenvalue weighted by molar-refractivity contribution is 7.99. The summed E-state index contributed by atoms with van der Waals surface area (Å²) in [6.07, 6.45) is 9.47. The second kappa shape index (κ2) is 14.7. The van der Waals surface area contributed by atoms with Gasteiger partial charge >= 0.3 is 6.03 Å². The maximum atomic E-state index is 12.2. The van der Waals surface area contributed by atoms with Gasteiger partial charge in [0.1, 0.15) is 6.61 Å². The first-order valence-corrected chi connectivity index (χ1v) is 12.1. The minimum atomic E-state index is -0.347. The molecule has 3 N–H and O–H groups in total. The number of piperidine rings is 1. The lowest BCUT2D eigenvalue weighted by Crippen LogP contribution is -2.41. The van der Waals surface area contributed by atoms with Crippen molar-refractivity contribution in [2.24, 2.45) is 5.73 Å². The van der Waals surface area contributed by atoms with E-state index in [0.717, 1.165) is 19.6 Å². The predicted molar refractivity (Wildman–Crippen MR) is 125 cm³/mol. The zero-order valence-electron chi connectivity index (χ0n) is 18.4. The van der Waals surface area contributed by atoms with Crippen LogP contribution in [0.1, 0.15) is 31.7 Å². The number of nitrogens with one attached hydrogen (secondary N) is 1. The van der Waals surface area contributed by atoms with E-state index in [-0.39, 0.29) is 17.7 Å². The molecule has 8 nitrogen and oxygen atoms in total. The Morgan fingerprint density at radius 1 is 1.32 bits per heavy atom. The monoisotopic (exact) mass is 449 g/mol. The molecule has 0 saturated carbocycles. The predicted octanol–water partition coefficient (Wildman–Crippen LogP) is 2.25. The number of urea groups is 1. The zero-order valence-corrected chi connectivity index (χ0v) is 19.2. The van der Waals surface area contributed by atoms with E-state index in [2.05, 4.69) is 15.2 Å². The average molecular weight is 450 g/mol. The Labute approximate surface area is 189 Å². The Hall–Kier alpha value is -2.26. The van der Waals surface area contributed by atoms with Crippen LogP contribution in [0.3, 0.4) is 0 Å². The number of hydrogen-bond acceptors (Lipinski definition) is 6. The van der Waals surface area contributed by atoms with Crippen molar-refractivity contribution in [2.45, 2.75) is 32.7 Å². The number of hydrogen-bond donors (Lipinski definition) is 2. The lowest BCUT2D eigenvalue weighted by atomic mass is 10.1. The van der Waals surface area contributed by atoms with Gasteiger partial charge < -0.3 is 20.7 Å². The Balaban J connectivity index is 1.75. The molecule has 0 atom stereocenters. The summed E-state index contributed by atoms with van der Waals surface area (Å²) in [6, 6.07) is 3.91. The molecule has 1 aromatic heterocycles. The summed E-state index contributed by atoms with van der Waals surface area (Å²) >= 11 is 1.42. The first-order valence-electron chi connectivity index (χ1n) is 10.9. The molecule has 2 heterocycles. The summed E-state index contributed by atoms with van der Waals surface area (Å²) in [5.41, 5.74) is 6.36. The lowest BCUT2D eigenvalue weighted by molar-refractivity contribution is -0.115. The van der Waals surface area contributed by atoms with Gasteiger partial charge in [-0.3, -0.25) is 9.69 Å². The number of pyridine rings is 1. The fraction of sp³-hybridized carbons (Fsp3) is 0.591. The molecule has 1 aliphatic heterocycles. The molecule has 3 amide bonds. The molecular formula is C22H35N5O3S. The summed E-state index contributed by atoms with van der Waals surface area (Å²) in [6.45, 7) is 7.09. The molecule has 0 spiro atoms. The van der Waals surface area contributed by atoms with Gasteiger partial charge in [-0.25, -0.2) is 9.78 Å². The van der Waals surface area contributed by atoms with Crippen LogP contribution >= 0.6 is 11.8 Å². The van der Waals surface area contributed by atoms with E-state index >= 15 is 0 Å². The van der Waals surface area contributed by atoms with Crippen LogP contribution in [0.5, 0.6) is 5.88 Å². The van der Waals surface area contributed by atoms with E-state index in [1.165, 1.54) is 36.6 Å². The van der Waals surface area contributed by atoms with Crippen LogP contribution in [-0.4, -0.2) is 77.6 Å². The van der Waals surface area contributed by atoms with Gasteiger partial charge in [-0.15, -0.1) is 0 Å². The normalized spacial score (nSPS) is 14.5. The summed E-state index contributed by atoms with van der Waals surface area (Å²) in [4.78, 5) is 31.5. The van der Waals surface area contributed by atoms with Crippen molar-refractivity contribution in [2.75, 3.05) is 50.8 Å². The zero-order chi connectivity index (χ0) is 22.3. The van der Waals surface area contributed by atoms with Crippen molar-refractivity contribution in [1.29, 1.82) is 0 Å². The SMILES string of the molecule is CCNC(=O)N(C/C=C\COc1cc(CN2CCCCC2)ccn1)CCSCC(N)=O. The van der Waals surface area contributed by atoms with Crippen LogP contribution in [0.25, 0.3) is 0 Å². The minimum Gasteiger partial charge on any atom is -0.473 e. The third kappa shape index (κ3) is 10.5. The quantitative estimate of drug-likeness (QED) is 0.354. The van der Waals surface area contributed by atoms with Gasteiger partial charge in [-0.05, 0) is 50.6 Å². The molecule has 0 aliphatic carbocycles. The maximum absolute atomic E-state index is 12.2. The molecule has 172 valence electrons. The highest BCUT2D eigenvalue weighted by Gasteiger charge is 2.12. The topological polar surface area (TPSA) is 101 Å². The van der Waals surface area contributed by atoms with E-state index in [4.69, 9.17) is 10.5 Å². The number of primary amides is 1. The minimum absolute atomic E-state index is 0.125. The largest absolute Gasteiger partial charge is 0.473 e. The van der Waals surface area contributed by atoms with Crippen LogP contribution in [0.15, 0.2) is 30.5 Å². The molecule has 0 radical (unpaired) electrons. The number of aromatic nitrogens is 1. The molecule has 1 aliphatic rings. The second-order valence-electron chi connectivity index (χ2n) is 7.42. The first-order chi connectivity index (χ1) is 15.1. The smallest absolute Gasteiger partial charge is 0.317 e. The van der Waals surface area contributed by atoms with Crippen molar-refractivity contribution < 1.29 is 14.3 Å². The van der Waals surface area contributed by atoms with Crippen molar-refractivity contribution in [1.82, 2.24) is 20.1 Å². The Morgan fingerprint density at radius 2 is 2.13 bits per heavy atom. The molecule has 1 aromatic rings.